The Hall–Kier alpha value is -0.723. The van der Waals surface area contributed by atoms with Crippen molar-refractivity contribution in [2.24, 2.45) is 0 Å². The zero-order valence-corrected chi connectivity index (χ0v) is 13.5. The van der Waals surface area contributed by atoms with Crippen molar-refractivity contribution in [3.63, 3.8) is 0 Å². The molecule has 1 aliphatic heterocycles. The lowest BCUT2D eigenvalue weighted by atomic mass is 10.3. The summed E-state index contributed by atoms with van der Waals surface area (Å²) in [5.74, 6) is 0. The van der Waals surface area contributed by atoms with Crippen LogP contribution in [0.4, 0.5) is 0 Å². The van der Waals surface area contributed by atoms with Gasteiger partial charge >= 0.3 is 8.56 Å². The number of ether oxygens (including phenoxy) is 2. The SMILES string of the molecule is CCCC(OCC1CO1)[Si](OC)(OC)c1ccccc1. The van der Waals surface area contributed by atoms with E-state index in [2.05, 4.69) is 19.1 Å². The first-order chi connectivity index (χ1) is 9.76. The van der Waals surface area contributed by atoms with Crippen LogP contribution in [0.3, 0.4) is 0 Å². The molecule has 0 saturated carbocycles. The molecule has 2 atom stereocenters. The Balaban J connectivity index is 2.21. The van der Waals surface area contributed by atoms with Crippen molar-refractivity contribution in [3.05, 3.63) is 30.3 Å². The van der Waals surface area contributed by atoms with Crippen LogP contribution >= 0.6 is 0 Å². The molecule has 0 aromatic heterocycles. The summed E-state index contributed by atoms with van der Waals surface area (Å²) in [4.78, 5) is 0. The van der Waals surface area contributed by atoms with Gasteiger partial charge in [-0.05, 0) is 11.6 Å². The molecule has 0 radical (unpaired) electrons. The van der Waals surface area contributed by atoms with E-state index in [1.165, 1.54) is 0 Å². The lowest BCUT2D eigenvalue weighted by Gasteiger charge is -2.35. The van der Waals surface area contributed by atoms with E-state index >= 15 is 0 Å². The Morgan fingerprint density at radius 1 is 1.25 bits per heavy atom. The van der Waals surface area contributed by atoms with Gasteiger partial charge in [-0.1, -0.05) is 43.7 Å². The first kappa shape index (κ1) is 15.7. The van der Waals surface area contributed by atoms with Crippen molar-refractivity contribution < 1.29 is 18.3 Å². The van der Waals surface area contributed by atoms with Crippen LogP contribution in [0.15, 0.2) is 30.3 Å². The van der Waals surface area contributed by atoms with Crippen molar-refractivity contribution in [1.29, 1.82) is 0 Å². The van der Waals surface area contributed by atoms with E-state index < -0.39 is 8.56 Å². The second kappa shape index (κ2) is 7.33. The van der Waals surface area contributed by atoms with E-state index in [1.807, 2.05) is 18.2 Å². The van der Waals surface area contributed by atoms with Gasteiger partial charge in [0.25, 0.3) is 0 Å². The number of hydrogen-bond donors (Lipinski definition) is 0. The molecule has 1 saturated heterocycles. The molecule has 1 heterocycles. The quantitative estimate of drug-likeness (QED) is 0.514. The van der Waals surface area contributed by atoms with Gasteiger partial charge < -0.3 is 18.3 Å². The zero-order chi connectivity index (χ0) is 14.4. The van der Waals surface area contributed by atoms with Gasteiger partial charge in [0.2, 0.25) is 0 Å². The van der Waals surface area contributed by atoms with E-state index in [0.717, 1.165) is 24.6 Å². The second-order valence-corrected chi connectivity index (χ2v) is 8.38. The Morgan fingerprint density at radius 2 is 1.90 bits per heavy atom. The number of rotatable bonds is 9. The molecule has 1 aliphatic rings. The molecule has 0 N–H and O–H groups in total. The fraction of sp³-hybridized carbons (Fsp3) is 0.600. The molecular weight excluding hydrogens is 272 g/mol. The fourth-order valence-electron chi connectivity index (χ4n) is 2.47. The minimum atomic E-state index is -2.59. The van der Waals surface area contributed by atoms with E-state index in [0.29, 0.717) is 6.61 Å². The minimum absolute atomic E-state index is 0.0194. The molecule has 0 spiro atoms. The largest absolute Gasteiger partial charge is 0.401 e. The number of hydrogen-bond acceptors (Lipinski definition) is 4. The molecule has 112 valence electrons. The third-order valence-corrected chi connectivity index (χ3v) is 7.30. The molecule has 0 amide bonds. The summed E-state index contributed by atoms with van der Waals surface area (Å²) in [5, 5.41) is 1.11. The summed E-state index contributed by atoms with van der Waals surface area (Å²) in [5.41, 5.74) is -0.0194. The molecule has 4 nitrogen and oxygen atoms in total. The molecular formula is C15H24O4Si. The monoisotopic (exact) mass is 296 g/mol. The minimum Gasteiger partial charge on any atom is -0.393 e. The molecule has 0 aliphatic carbocycles. The van der Waals surface area contributed by atoms with Crippen LogP contribution in [0.25, 0.3) is 0 Å². The van der Waals surface area contributed by atoms with Crippen LogP contribution in [0, 0.1) is 0 Å². The summed E-state index contributed by atoms with van der Waals surface area (Å²) < 4.78 is 23.1. The lowest BCUT2D eigenvalue weighted by molar-refractivity contribution is 0.0481. The van der Waals surface area contributed by atoms with Crippen LogP contribution in [0.1, 0.15) is 19.8 Å². The highest BCUT2D eigenvalue weighted by atomic mass is 28.4. The van der Waals surface area contributed by atoms with Gasteiger partial charge in [-0.15, -0.1) is 0 Å². The van der Waals surface area contributed by atoms with E-state index in [4.69, 9.17) is 18.3 Å². The highest BCUT2D eigenvalue weighted by molar-refractivity contribution is 6.82. The standard InChI is InChI=1S/C15H24O4Si/c1-4-8-15(19-12-13-11-18-13)20(16-2,17-3)14-9-6-5-7-10-14/h5-7,9-10,13,15H,4,8,11-12H2,1-3H3. The van der Waals surface area contributed by atoms with Gasteiger partial charge in [0.1, 0.15) is 11.8 Å². The van der Waals surface area contributed by atoms with Gasteiger partial charge in [0.05, 0.1) is 13.2 Å². The van der Waals surface area contributed by atoms with Crippen molar-refractivity contribution in [1.82, 2.24) is 0 Å². The van der Waals surface area contributed by atoms with Crippen LogP contribution < -0.4 is 5.19 Å². The van der Waals surface area contributed by atoms with E-state index in [-0.39, 0.29) is 11.8 Å². The molecule has 20 heavy (non-hydrogen) atoms. The Labute approximate surface area is 122 Å². The van der Waals surface area contributed by atoms with E-state index in [1.54, 1.807) is 14.2 Å². The molecule has 2 unspecified atom stereocenters. The Kier molecular flexibility index (Phi) is 5.74. The lowest BCUT2D eigenvalue weighted by Crippen LogP contribution is -2.62. The molecule has 2 rings (SSSR count). The van der Waals surface area contributed by atoms with Crippen molar-refractivity contribution in [2.45, 2.75) is 31.6 Å². The van der Waals surface area contributed by atoms with Crippen LogP contribution in [-0.4, -0.2) is 47.8 Å². The fourth-order valence-corrected chi connectivity index (χ4v) is 5.65. The molecule has 1 aromatic rings. The summed E-state index contributed by atoms with van der Waals surface area (Å²) >= 11 is 0. The topological polar surface area (TPSA) is 40.2 Å². The molecule has 1 fully saturated rings. The first-order valence-electron chi connectivity index (χ1n) is 7.15. The van der Waals surface area contributed by atoms with E-state index in [9.17, 15) is 0 Å². The third kappa shape index (κ3) is 3.48. The van der Waals surface area contributed by atoms with Gasteiger partial charge in [0, 0.05) is 14.2 Å². The van der Waals surface area contributed by atoms with Crippen LogP contribution in [0.5, 0.6) is 0 Å². The van der Waals surface area contributed by atoms with Crippen LogP contribution in [0.2, 0.25) is 0 Å². The number of benzene rings is 1. The predicted octanol–water partition coefficient (Wildman–Crippen LogP) is 1.75. The highest BCUT2D eigenvalue weighted by Crippen LogP contribution is 2.21. The summed E-state index contributed by atoms with van der Waals surface area (Å²) in [6.45, 7) is 3.58. The van der Waals surface area contributed by atoms with Crippen molar-refractivity contribution >= 4 is 13.7 Å². The average molecular weight is 296 g/mol. The molecule has 1 aromatic carbocycles. The second-order valence-electron chi connectivity index (χ2n) is 5.01. The maximum Gasteiger partial charge on any atom is 0.401 e. The maximum absolute atomic E-state index is 6.09. The molecule has 0 bridgehead atoms. The summed E-state index contributed by atoms with van der Waals surface area (Å²) in [6, 6.07) is 10.2. The van der Waals surface area contributed by atoms with Crippen molar-refractivity contribution in [2.75, 3.05) is 27.4 Å². The summed E-state index contributed by atoms with van der Waals surface area (Å²) in [7, 11) is 0.862. The average Bonchev–Trinajstić information content (AvgIpc) is 3.32. The Bertz CT molecular complexity index is 390. The van der Waals surface area contributed by atoms with Gasteiger partial charge in [0.15, 0.2) is 0 Å². The maximum atomic E-state index is 6.09. The third-order valence-electron chi connectivity index (χ3n) is 3.64. The summed E-state index contributed by atoms with van der Waals surface area (Å²) in [6.07, 6.45) is 2.21. The predicted molar refractivity (Wildman–Crippen MR) is 80.2 cm³/mol. The van der Waals surface area contributed by atoms with Gasteiger partial charge in [-0.25, -0.2) is 0 Å². The molecule has 5 heteroatoms. The van der Waals surface area contributed by atoms with Gasteiger partial charge in [-0.2, -0.15) is 0 Å². The Morgan fingerprint density at radius 3 is 2.40 bits per heavy atom. The first-order valence-corrected chi connectivity index (χ1v) is 9.05. The number of epoxide rings is 1. The normalized spacial score (nSPS) is 19.9. The smallest absolute Gasteiger partial charge is 0.393 e. The zero-order valence-electron chi connectivity index (χ0n) is 12.5. The highest BCUT2D eigenvalue weighted by Gasteiger charge is 2.47. The van der Waals surface area contributed by atoms with Crippen LogP contribution in [-0.2, 0) is 18.3 Å². The van der Waals surface area contributed by atoms with Crippen molar-refractivity contribution in [3.8, 4) is 0 Å². The van der Waals surface area contributed by atoms with Gasteiger partial charge in [-0.3, -0.25) is 0 Å².